The Bertz CT molecular complexity index is 526. The van der Waals surface area contributed by atoms with Gasteiger partial charge in [0.1, 0.15) is 17.4 Å². The molecule has 0 spiro atoms. The molecule has 0 bridgehead atoms. The Labute approximate surface area is 117 Å². The second-order valence-corrected chi connectivity index (χ2v) is 6.64. The maximum Gasteiger partial charge on any atom is 0.140 e. The number of aliphatic hydroxyl groups excluding tert-OH is 1. The van der Waals surface area contributed by atoms with Crippen molar-refractivity contribution in [1.82, 2.24) is 4.98 Å². The number of aliphatic hydroxyl groups is 1. The lowest BCUT2D eigenvalue weighted by Crippen LogP contribution is -2.10. The smallest absolute Gasteiger partial charge is 0.140 e. The standard InChI is InChI=1S/C15H19NO2S/c1-15(2,3)11-4-6-12(7-5-11)18-10-14-16-8-13(9-17)19-14/h4-8,17H,9-10H2,1-3H3. The zero-order chi connectivity index (χ0) is 13.9. The van der Waals surface area contributed by atoms with Crippen molar-refractivity contribution >= 4 is 11.3 Å². The first-order valence-corrected chi connectivity index (χ1v) is 7.08. The van der Waals surface area contributed by atoms with E-state index in [9.17, 15) is 0 Å². The summed E-state index contributed by atoms with van der Waals surface area (Å²) < 4.78 is 5.68. The van der Waals surface area contributed by atoms with Crippen molar-refractivity contribution in [3.8, 4) is 5.75 Å². The largest absolute Gasteiger partial charge is 0.486 e. The first kappa shape index (κ1) is 14.0. The fraction of sp³-hybridized carbons (Fsp3) is 0.400. The third kappa shape index (κ3) is 3.78. The number of benzene rings is 1. The van der Waals surface area contributed by atoms with Crippen LogP contribution in [0.15, 0.2) is 30.5 Å². The average Bonchev–Trinajstić information content (AvgIpc) is 2.84. The van der Waals surface area contributed by atoms with Crippen LogP contribution in [0.4, 0.5) is 0 Å². The molecule has 0 fully saturated rings. The molecule has 4 heteroatoms. The topological polar surface area (TPSA) is 42.4 Å². The van der Waals surface area contributed by atoms with Gasteiger partial charge in [0.2, 0.25) is 0 Å². The van der Waals surface area contributed by atoms with Gasteiger partial charge >= 0.3 is 0 Å². The van der Waals surface area contributed by atoms with E-state index in [0.717, 1.165) is 15.6 Å². The maximum absolute atomic E-state index is 8.97. The fourth-order valence-corrected chi connectivity index (χ4v) is 2.38. The van der Waals surface area contributed by atoms with Gasteiger partial charge in [-0.05, 0) is 23.1 Å². The zero-order valence-corrected chi connectivity index (χ0v) is 12.3. The van der Waals surface area contributed by atoms with Crippen molar-refractivity contribution in [3.63, 3.8) is 0 Å². The number of aromatic nitrogens is 1. The lowest BCUT2D eigenvalue weighted by molar-refractivity contribution is 0.285. The molecule has 0 saturated carbocycles. The minimum Gasteiger partial charge on any atom is -0.486 e. The lowest BCUT2D eigenvalue weighted by atomic mass is 9.87. The lowest BCUT2D eigenvalue weighted by Gasteiger charge is -2.19. The van der Waals surface area contributed by atoms with Crippen LogP contribution in [0, 0.1) is 0 Å². The summed E-state index contributed by atoms with van der Waals surface area (Å²) >= 11 is 1.47. The molecule has 2 rings (SSSR count). The molecule has 1 aromatic carbocycles. The van der Waals surface area contributed by atoms with Crippen LogP contribution >= 0.6 is 11.3 Å². The third-order valence-electron chi connectivity index (χ3n) is 2.84. The Balaban J connectivity index is 1.96. The molecule has 0 amide bonds. The molecule has 0 unspecified atom stereocenters. The summed E-state index contributed by atoms with van der Waals surface area (Å²) in [5.41, 5.74) is 1.45. The van der Waals surface area contributed by atoms with Gasteiger partial charge in [-0.15, -0.1) is 11.3 Å². The Morgan fingerprint density at radius 3 is 2.42 bits per heavy atom. The van der Waals surface area contributed by atoms with Crippen molar-refractivity contribution < 1.29 is 9.84 Å². The Kier molecular flexibility index (Phi) is 4.22. The van der Waals surface area contributed by atoms with Crippen LogP contribution < -0.4 is 4.74 Å². The Morgan fingerprint density at radius 2 is 1.89 bits per heavy atom. The number of ether oxygens (including phenoxy) is 1. The fourth-order valence-electron chi connectivity index (χ4n) is 1.68. The van der Waals surface area contributed by atoms with Crippen LogP contribution in [0.3, 0.4) is 0 Å². The van der Waals surface area contributed by atoms with Gasteiger partial charge in [-0.2, -0.15) is 0 Å². The summed E-state index contributed by atoms with van der Waals surface area (Å²) in [6, 6.07) is 8.16. The van der Waals surface area contributed by atoms with Gasteiger partial charge in [0, 0.05) is 6.20 Å². The first-order valence-electron chi connectivity index (χ1n) is 6.27. The number of thiazole rings is 1. The molecule has 102 valence electrons. The Hall–Kier alpha value is -1.39. The highest BCUT2D eigenvalue weighted by Crippen LogP contribution is 2.24. The molecule has 0 aliphatic carbocycles. The normalized spacial score (nSPS) is 11.6. The summed E-state index contributed by atoms with van der Waals surface area (Å²) in [5.74, 6) is 0.841. The molecule has 0 saturated heterocycles. The van der Waals surface area contributed by atoms with Gasteiger partial charge < -0.3 is 9.84 Å². The van der Waals surface area contributed by atoms with E-state index in [0.29, 0.717) is 6.61 Å². The van der Waals surface area contributed by atoms with Crippen LogP contribution in [0.5, 0.6) is 5.75 Å². The van der Waals surface area contributed by atoms with Crippen LogP contribution in [0.25, 0.3) is 0 Å². The van der Waals surface area contributed by atoms with E-state index >= 15 is 0 Å². The third-order valence-corrected chi connectivity index (χ3v) is 3.80. The van der Waals surface area contributed by atoms with Gasteiger partial charge in [0.15, 0.2) is 0 Å². The molecule has 0 atom stereocenters. The summed E-state index contributed by atoms with van der Waals surface area (Å²) in [6.45, 7) is 7.05. The van der Waals surface area contributed by atoms with Gasteiger partial charge in [0.05, 0.1) is 11.5 Å². The summed E-state index contributed by atoms with van der Waals surface area (Å²) in [6.07, 6.45) is 1.69. The van der Waals surface area contributed by atoms with Crippen molar-refractivity contribution in [2.75, 3.05) is 0 Å². The molecule has 0 aliphatic heterocycles. The highest BCUT2D eigenvalue weighted by molar-refractivity contribution is 7.11. The minimum atomic E-state index is 0.0396. The number of nitrogens with zero attached hydrogens (tertiary/aromatic N) is 1. The summed E-state index contributed by atoms with van der Waals surface area (Å²) in [5, 5.41) is 9.85. The molecule has 1 heterocycles. The molecular weight excluding hydrogens is 258 g/mol. The summed E-state index contributed by atoms with van der Waals surface area (Å²) in [4.78, 5) is 5.06. The van der Waals surface area contributed by atoms with Crippen molar-refractivity contribution in [2.45, 2.75) is 39.4 Å². The van der Waals surface area contributed by atoms with Crippen molar-refractivity contribution in [1.29, 1.82) is 0 Å². The highest BCUT2D eigenvalue weighted by atomic mass is 32.1. The second-order valence-electron chi connectivity index (χ2n) is 5.44. The molecule has 1 aromatic heterocycles. The molecule has 0 aliphatic rings. The monoisotopic (exact) mass is 277 g/mol. The van der Waals surface area contributed by atoms with Crippen LogP contribution in [0.2, 0.25) is 0 Å². The maximum atomic E-state index is 8.97. The molecule has 19 heavy (non-hydrogen) atoms. The zero-order valence-electron chi connectivity index (χ0n) is 11.5. The van der Waals surface area contributed by atoms with Crippen molar-refractivity contribution in [2.24, 2.45) is 0 Å². The highest BCUT2D eigenvalue weighted by Gasteiger charge is 2.13. The minimum absolute atomic E-state index is 0.0396. The second kappa shape index (κ2) is 5.72. The van der Waals surface area contributed by atoms with E-state index in [1.54, 1.807) is 6.20 Å². The summed E-state index contributed by atoms with van der Waals surface area (Å²) in [7, 11) is 0. The average molecular weight is 277 g/mol. The molecule has 2 aromatic rings. The van der Waals surface area contributed by atoms with E-state index in [2.05, 4.69) is 37.9 Å². The van der Waals surface area contributed by atoms with E-state index in [-0.39, 0.29) is 12.0 Å². The van der Waals surface area contributed by atoms with Gasteiger partial charge in [-0.25, -0.2) is 4.98 Å². The van der Waals surface area contributed by atoms with E-state index in [1.807, 2.05) is 12.1 Å². The van der Waals surface area contributed by atoms with Gasteiger partial charge in [-0.3, -0.25) is 0 Å². The molecule has 1 N–H and O–H groups in total. The Morgan fingerprint density at radius 1 is 1.21 bits per heavy atom. The van der Waals surface area contributed by atoms with Gasteiger partial charge in [0.25, 0.3) is 0 Å². The van der Waals surface area contributed by atoms with Crippen LogP contribution in [-0.4, -0.2) is 10.1 Å². The molecular formula is C15H19NO2S. The SMILES string of the molecule is CC(C)(C)c1ccc(OCc2ncc(CO)s2)cc1. The van der Waals surface area contributed by atoms with E-state index in [4.69, 9.17) is 9.84 Å². The predicted molar refractivity (Wildman–Crippen MR) is 77.5 cm³/mol. The quantitative estimate of drug-likeness (QED) is 0.930. The molecule has 0 radical (unpaired) electrons. The molecule has 3 nitrogen and oxygen atoms in total. The van der Waals surface area contributed by atoms with E-state index in [1.165, 1.54) is 16.9 Å². The van der Waals surface area contributed by atoms with Crippen LogP contribution in [0.1, 0.15) is 36.2 Å². The first-order chi connectivity index (χ1) is 8.99. The van der Waals surface area contributed by atoms with E-state index < -0.39 is 0 Å². The van der Waals surface area contributed by atoms with Gasteiger partial charge in [-0.1, -0.05) is 32.9 Å². The van der Waals surface area contributed by atoms with Crippen LogP contribution in [-0.2, 0) is 18.6 Å². The van der Waals surface area contributed by atoms with Crippen molar-refractivity contribution in [3.05, 3.63) is 45.9 Å². The number of hydrogen-bond donors (Lipinski definition) is 1. The number of rotatable bonds is 4. The predicted octanol–water partition coefficient (Wildman–Crippen LogP) is 3.51. The number of hydrogen-bond acceptors (Lipinski definition) is 4.